The maximum Gasteiger partial charge on any atom is 0.410 e. The van der Waals surface area contributed by atoms with Crippen molar-refractivity contribution in [2.45, 2.75) is 83.7 Å². The van der Waals surface area contributed by atoms with Gasteiger partial charge in [0.15, 0.2) is 11.8 Å². The van der Waals surface area contributed by atoms with Crippen molar-refractivity contribution in [3.63, 3.8) is 0 Å². The average Bonchev–Trinajstić information content (AvgIpc) is 3.12. The molecule has 2 aliphatic rings. The van der Waals surface area contributed by atoms with E-state index in [1.807, 2.05) is 30.4 Å². The lowest BCUT2D eigenvalue weighted by atomic mass is 10.0. The minimum atomic E-state index is -0.492. The fraction of sp³-hybridized carbons (Fsp3) is 0.810. The predicted octanol–water partition coefficient (Wildman–Crippen LogP) is 2.31. The summed E-state index contributed by atoms with van der Waals surface area (Å²) in [6, 6.07) is 0.302. The Kier molecular flexibility index (Phi) is 9.99. The van der Waals surface area contributed by atoms with E-state index in [0.717, 1.165) is 62.8 Å². The number of fused-ring (bicyclic) bond motifs is 1. The lowest BCUT2D eigenvalue weighted by molar-refractivity contribution is 0.0104. The number of hydrogen-bond acceptors (Lipinski definition) is 6. The average molecular weight is 563 g/mol. The van der Waals surface area contributed by atoms with Gasteiger partial charge in [-0.05, 0) is 46.5 Å². The summed E-state index contributed by atoms with van der Waals surface area (Å²) in [5.74, 6) is 2.46. The first-order valence-corrected chi connectivity index (χ1v) is 11.2. The highest BCUT2D eigenvalue weighted by atomic mass is 127. The molecule has 3 heterocycles. The van der Waals surface area contributed by atoms with Gasteiger partial charge in [0.25, 0.3) is 0 Å². The van der Waals surface area contributed by atoms with Crippen molar-refractivity contribution in [1.29, 1.82) is 0 Å². The third-order valence-corrected chi connectivity index (χ3v) is 5.50. The molecular weight excluding hydrogens is 525 g/mol. The molecule has 0 radical (unpaired) electrons. The van der Waals surface area contributed by atoms with Crippen molar-refractivity contribution in [1.82, 2.24) is 30.3 Å². The summed E-state index contributed by atoms with van der Waals surface area (Å²) in [5, 5.41) is 11.4. The number of piperidine rings is 1. The van der Waals surface area contributed by atoms with E-state index in [2.05, 4.69) is 25.7 Å². The van der Waals surface area contributed by atoms with Crippen LogP contribution in [0.3, 0.4) is 0 Å². The van der Waals surface area contributed by atoms with Gasteiger partial charge in [0.2, 0.25) is 0 Å². The van der Waals surface area contributed by atoms with E-state index in [1.165, 1.54) is 0 Å². The Bertz CT molecular complexity index is 778. The molecule has 32 heavy (non-hydrogen) atoms. The first-order chi connectivity index (χ1) is 14.8. The number of aromatic nitrogens is 3. The SMILES string of the molecule is CN=C(NCC1CCCCN1C(=O)OC(C)(C)C)NC1CCc2nc(COC)nn2C1.I. The van der Waals surface area contributed by atoms with Crippen LogP contribution < -0.4 is 10.6 Å². The van der Waals surface area contributed by atoms with Crippen molar-refractivity contribution < 1.29 is 14.3 Å². The lowest BCUT2D eigenvalue weighted by Crippen LogP contribution is -2.53. The zero-order valence-corrected chi connectivity index (χ0v) is 22.2. The van der Waals surface area contributed by atoms with Gasteiger partial charge in [0.05, 0.1) is 12.6 Å². The van der Waals surface area contributed by atoms with Crippen LogP contribution in [0, 0.1) is 0 Å². The number of aryl methyl sites for hydroxylation is 1. The topological polar surface area (TPSA) is 106 Å². The van der Waals surface area contributed by atoms with Gasteiger partial charge in [-0.15, -0.1) is 24.0 Å². The van der Waals surface area contributed by atoms with Crippen LogP contribution in [-0.4, -0.2) is 76.6 Å². The summed E-state index contributed by atoms with van der Waals surface area (Å²) in [5.41, 5.74) is -0.492. The zero-order chi connectivity index (χ0) is 22.4. The molecule has 2 atom stereocenters. The minimum absolute atomic E-state index is 0. The number of nitrogens with zero attached hydrogens (tertiary/aromatic N) is 5. The number of likely N-dealkylation sites (tertiary alicyclic amines) is 1. The number of guanidine groups is 1. The second kappa shape index (κ2) is 12.0. The van der Waals surface area contributed by atoms with Gasteiger partial charge < -0.3 is 25.0 Å². The lowest BCUT2D eigenvalue weighted by Gasteiger charge is -2.37. The van der Waals surface area contributed by atoms with Crippen LogP contribution in [0.25, 0.3) is 0 Å². The third-order valence-electron chi connectivity index (χ3n) is 5.50. The normalized spacial score (nSPS) is 21.4. The first kappa shape index (κ1) is 26.6. The predicted molar refractivity (Wildman–Crippen MR) is 133 cm³/mol. The molecule has 2 N–H and O–H groups in total. The maximum atomic E-state index is 12.6. The van der Waals surface area contributed by atoms with Crippen LogP contribution in [0.5, 0.6) is 0 Å². The van der Waals surface area contributed by atoms with Crippen LogP contribution in [0.4, 0.5) is 4.79 Å². The van der Waals surface area contributed by atoms with Gasteiger partial charge in [-0.2, -0.15) is 5.10 Å². The second-order valence-electron chi connectivity index (χ2n) is 9.22. The Balaban J connectivity index is 0.00000363. The van der Waals surface area contributed by atoms with Gasteiger partial charge in [0.1, 0.15) is 18.0 Å². The van der Waals surface area contributed by atoms with Gasteiger partial charge in [-0.3, -0.25) is 4.99 Å². The monoisotopic (exact) mass is 563 g/mol. The molecule has 0 spiro atoms. The fourth-order valence-corrected chi connectivity index (χ4v) is 4.04. The molecule has 182 valence electrons. The number of carbonyl (C=O) groups is 1. The van der Waals surface area contributed by atoms with E-state index in [-0.39, 0.29) is 42.2 Å². The number of halogens is 1. The molecule has 2 aliphatic heterocycles. The van der Waals surface area contributed by atoms with E-state index in [9.17, 15) is 4.79 Å². The Morgan fingerprint density at radius 1 is 1.28 bits per heavy atom. The van der Waals surface area contributed by atoms with E-state index in [1.54, 1.807) is 14.2 Å². The van der Waals surface area contributed by atoms with Crippen LogP contribution in [0.15, 0.2) is 4.99 Å². The fourth-order valence-electron chi connectivity index (χ4n) is 4.04. The summed E-state index contributed by atoms with van der Waals surface area (Å²) in [6.07, 6.45) is 4.66. The van der Waals surface area contributed by atoms with Gasteiger partial charge in [-0.25, -0.2) is 14.5 Å². The highest BCUT2D eigenvalue weighted by Gasteiger charge is 2.30. The quantitative estimate of drug-likeness (QED) is 0.322. The Hall–Kier alpha value is -1.63. The molecule has 0 aliphatic carbocycles. The van der Waals surface area contributed by atoms with E-state index in [4.69, 9.17) is 9.47 Å². The van der Waals surface area contributed by atoms with Crippen molar-refractivity contribution in [2.75, 3.05) is 27.2 Å². The number of nitrogens with one attached hydrogen (secondary N) is 2. The number of methoxy groups -OCH3 is 1. The highest BCUT2D eigenvalue weighted by molar-refractivity contribution is 14.0. The van der Waals surface area contributed by atoms with Gasteiger partial charge in [0, 0.05) is 39.7 Å². The Labute approximate surface area is 207 Å². The standard InChI is InChI=1S/C21H37N7O3.HI/c1-21(2,3)31-20(29)27-11-7-6-8-16(27)12-23-19(22-4)24-15-9-10-18-25-17(14-30-5)26-28(18)13-15;/h15-16H,6-14H2,1-5H3,(H2,22,23,24);1H. The molecule has 0 saturated carbocycles. The zero-order valence-electron chi connectivity index (χ0n) is 19.9. The van der Waals surface area contributed by atoms with Crippen molar-refractivity contribution >= 4 is 36.0 Å². The molecular formula is C21H38IN7O3. The number of ether oxygens (including phenoxy) is 2. The summed E-state index contributed by atoms with van der Waals surface area (Å²) >= 11 is 0. The Morgan fingerprint density at radius 2 is 2.06 bits per heavy atom. The summed E-state index contributed by atoms with van der Waals surface area (Å²) in [4.78, 5) is 23.4. The molecule has 0 bridgehead atoms. The molecule has 1 saturated heterocycles. The van der Waals surface area contributed by atoms with Gasteiger partial charge >= 0.3 is 6.09 Å². The number of carbonyl (C=O) groups excluding carboxylic acids is 1. The van der Waals surface area contributed by atoms with Crippen molar-refractivity contribution in [3.05, 3.63) is 11.6 Å². The van der Waals surface area contributed by atoms with E-state index in [0.29, 0.717) is 13.2 Å². The highest BCUT2D eigenvalue weighted by Crippen LogP contribution is 2.20. The maximum absolute atomic E-state index is 12.6. The van der Waals surface area contributed by atoms with Crippen LogP contribution in [0.2, 0.25) is 0 Å². The largest absolute Gasteiger partial charge is 0.444 e. The molecule has 1 aromatic heterocycles. The number of amides is 1. The number of aliphatic imine (C=N–C) groups is 1. The molecule has 10 nitrogen and oxygen atoms in total. The molecule has 2 unspecified atom stereocenters. The van der Waals surface area contributed by atoms with Crippen molar-refractivity contribution in [3.8, 4) is 0 Å². The summed E-state index contributed by atoms with van der Waals surface area (Å²) in [6.45, 7) is 8.23. The first-order valence-electron chi connectivity index (χ1n) is 11.2. The van der Waals surface area contributed by atoms with Crippen LogP contribution in [0.1, 0.15) is 58.1 Å². The molecule has 1 amide bonds. The van der Waals surface area contributed by atoms with Gasteiger partial charge in [-0.1, -0.05) is 0 Å². The molecule has 11 heteroatoms. The second-order valence-corrected chi connectivity index (χ2v) is 9.22. The molecule has 1 fully saturated rings. The Morgan fingerprint density at radius 3 is 2.75 bits per heavy atom. The van der Waals surface area contributed by atoms with Crippen molar-refractivity contribution in [2.24, 2.45) is 4.99 Å². The third kappa shape index (κ3) is 7.46. The summed E-state index contributed by atoms with van der Waals surface area (Å²) < 4.78 is 12.7. The number of hydrogen-bond donors (Lipinski definition) is 2. The summed E-state index contributed by atoms with van der Waals surface area (Å²) in [7, 11) is 3.42. The van der Waals surface area contributed by atoms with E-state index < -0.39 is 5.60 Å². The van der Waals surface area contributed by atoms with E-state index >= 15 is 0 Å². The molecule has 3 rings (SSSR count). The smallest absolute Gasteiger partial charge is 0.410 e. The van der Waals surface area contributed by atoms with Crippen LogP contribution in [-0.2, 0) is 29.0 Å². The minimum Gasteiger partial charge on any atom is -0.444 e. The molecule has 1 aromatic rings. The number of rotatable bonds is 5. The molecule has 0 aromatic carbocycles. The van der Waals surface area contributed by atoms with Crippen LogP contribution >= 0.6 is 24.0 Å².